The molecule has 0 atom stereocenters. The van der Waals surface area contributed by atoms with E-state index in [1.54, 1.807) is 13.1 Å². The van der Waals surface area contributed by atoms with Crippen molar-refractivity contribution in [3.8, 4) is 0 Å². The Kier molecular flexibility index (Phi) is 5.04. The van der Waals surface area contributed by atoms with E-state index >= 15 is 0 Å². The monoisotopic (exact) mass is 257 g/mol. The van der Waals surface area contributed by atoms with Crippen LogP contribution in [0.1, 0.15) is 25.3 Å². The number of aromatic nitrogens is 1. The predicted molar refractivity (Wildman–Crippen MR) is 66.9 cm³/mol. The van der Waals surface area contributed by atoms with Gasteiger partial charge in [0.1, 0.15) is 0 Å². The highest BCUT2D eigenvalue weighted by molar-refractivity contribution is 7.89. The number of nitrogens with two attached hydrogens (primary N) is 1. The second-order valence-electron chi connectivity index (χ2n) is 3.89. The molecule has 0 bridgehead atoms. The first-order valence-electron chi connectivity index (χ1n) is 5.63. The van der Waals surface area contributed by atoms with Crippen molar-refractivity contribution in [2.24, 2.45) is 5.73 Å². The van der Waals surface area contributed by atoms with E-state index in [1.807, 2.05) is 6.92 Å². The first-order valence-corrected chi connectivity index (χ1v) is 7.07. The minimum atomic E-state index is -3.45. The minimum absolute atomic E-state index is 0.0771. The van der Waals surface area contributed by atoms with Crippen LogP contribution in [0, 0.1) is 0 Å². The smallest absolute Gasteiger partial charge is 0.260 e. The molecule has 5 nitrogen and oxygen atoms in total. The fourth-order valence-electron chi connectivity index (χ4n) is 1.34. The van der Waals surface area contributed by atoms with Crippen molar-refractivity contribution >= 4 is 10.0 Å². The molecule has 6 heteroatoms. The topological polar surface area (TPSA) is 76.3 Å². The second-order valence-corrected chi connectivity index (χ2v) is 5.88. The van der Waals surface area contributed by atoms with Gasteiger partial charge >= 0.3 is 0 Å². The van der Waals surface area contributed by atoms with Crippen LogP contribution in [0.15, 0.2) is 23.4 Å². The lowest BCUT2D eigenvalue weighted by Gasteiger charge is -2.16. The SMILES string of the molecule is CCCCN(C)S(=O)(=O)c1ccc(CN)cn1. The van der Waals surface area contributed by atoms with Gasteiger partial charge in [0.2, 0.25) is 0 Å². The molecule has 2 N–H and O–H groups in total. The fourth-order valence-corrected chi connectivity index (χ4v) is 2.46. The summed E-state index contributed by atoms with van der Waals surface area (Å²) in [5.74, 6) is 0. The molecule has 1 rings (SSSR count). The molecule has 0 radical (unpaired) electrons. The Morgan fingerprint density at radius 3 is 2.59 bits per heavy atom. The number of rotatable bonds is 6. The number of pyridine rings is 1. The summed E-state index contributed by atoms with van der Waals surface area (Å²) in [4.78, 5) is 3.94. The van der Waals surface area contributed by atoms with Gasteiger partial charge in [0.05, 0.1) is 0 Å². The zero-order valence-corrected chi connectivity index (χ0v) is 11.1. The first-order chi connectivity index (χ1) is 8.02. The van der Waals surface area contributed by atoms with Gasteiger partial charge in [-0.15, -0.1) is 0 Å². The van der Waals surface area contributed by atoms with E-state index in [9.17, 15) is 8.42 Å². The molecule has 17 heavy (non-hydrogen) atoms. The summed E-state index contributed by atoms with van der Waals surface area (Å²) < 4.78 is 25.5. The first kappa shape index (κ1) is 14.1. The number of unbranched alkanes of at least 4 members (excludes halogenated alkanes) is 1. The zero-order valence-electron chi connectivity index (χ0n) is 10.3. The summed E-state index contributed by atoms with van der Waals surface area (Å²) in [7, 11) is -1.88. The van der Waals surface area contributed by atoms with Crippen molar-refractivity contribution in [1.82, 2.24) is 9.29 Å². The summed E-state index contributed by atoms with van der Waals surface area (Å²) in [5, 5.41) is 0.0771. The molecule has 96 valence electrons. The van der Waals surface area contributed by atoms with Crippen molar-refractivity contribution in [2.75, 3.05) is 13.6 Å². The standard InChI is InChI=1S/C11H19N3O2S/c1-3-4-7-14(2)17(15,16)11-6-5-10(8-12)9-13-11/h5-6,9H,3-4,7-8,12H2,1-2H3. The predicted octanol–water partition coefficient (Wildman–Crippen LogP) is 0.961. The van der Waals surface area contributed by atoms with E-state index in [0.717, 1.165) is 18.4 Å². The summed E-state index contributed by atoms with van der Waals surface area (Å²) in [6, 6.07) is 3.19. The van der Waals surface area contributed by atoms with E-state index < -0.39 is 10.0 Å². The average Bonchev–Trinajstić information content (AvgIpc) is 2.35. The van der Waals surface area contributed by atoms with Gasteiger partial charge in [-0.2, -0.15) is 4.31 Å². The molecule has 1 heterocycles. The largest absolute Gasteiger partial charge is 0.326 e. The Morgan fingerprint density at radius 1 is 1.41 bits per heavy atom. The highest BCUT2D eigenvalue weighted by atomic mass is 32.2. The molecule has 1 aromatic heterocycles. The maximum Gasteiger partial charge on any atom is 0.260 e. The van der Waals surface area contributed by atoms with Crippen LogP contribution in [0.4, 0.5) is 0 Å². The van der Waals surface area contributed by atoms with E-state index in [1.165, 1.54) is 16.6 Å². The van der Waals surface area contributed by atoms with E-state index in [2.05, 4.69) is 4.98 Å². The van der Waals surface area contributed by atoms with Gasteiger partial charge in [0.15, 0.2) is 5.03 Å². The summed E-state index contributed by atoms with van der Waals surface area (Å²) in [6.07, 6.45) is 3.30. The van der Waals surface area contributed by atoms with Crippen LogP contribution in [0.5, 0.6) is 0 Å². The van der Waals surface area contributed by atoms with Crippen LogP contribution >= 0.6 is 0 Å². The van der Waals surface area contributed by atoms with Gasteiger partial charge in [0, 0.05) is 26.3 Å². The fraction of sp³-hybridized carbons (Fsp3) is 0.545. The molecule has 0 aliphatic heterocycles. The maximum absolute atomic E-state index is 12.1. The zero-order chi connectivity index (χ0) is 12.9. The van der Waals surface area contributed by atoms with Crippen molar-refractivity contribution in [1.29, 1.82) is 0 Å². The molecular formula is C11H19N3O2S. The van der Waals surface area contributed by atoms with Crippen molar-refractivity contribution in [3.63, 3.8) is 0 Å². The van der Waals surface area contributed by atoms with E-state index in [0.29, 0.717) is 13.1 Å². The third kappa shape index (κ3) is 3.49. The van der Waals surface area contributed by atoms with Crippen molar-refractivity contribution in [2.45, 2.75) is 31.3 Å². The molecule has 0 amide bonds. The van der Waals surface area contributed by atoms with Gasteiger partial charge in [-0.1, -0.05) is 19.4 Å². The molecular weight excluding hydrogens is 238 g/mol. The lowest BCUT2D eigenvalue weighted by Crippen LogP contribution is -2.28. The molecule has 0 aliphatic rings. The van der Waals surface area contributed by atoms with Crippen LogP contribution in [-0.2, 0) is 16.6 Å². The molecule has 0 fully saturated rings. The van der Waals surface area contributed by atoms with Crippen molar-refractivity contribution < 1.29 is 8.42 Å². The Balaban J connectivity index is 2.88. The van der Waals surface area contributed by atoms with Crippen LogP contribution < -0.4 is 5.73 Å². The third-order valence-electron chi connectivity index (χ3n) is 2.53. The third-order valence-corrected chi connectivity index (χ3v) is 4.31. The molecule has 1 aromatic rings. The maximum atomic E-state index is 12.1. The molecule has 0 spiro atoms. The Labute approximate surface area is 103 Å². The lowest BCUT2D eigenvalue weighted by atomic mass is 10.3. The van der Waals surface area contributed by atoms with Crippen LogP contribution in [0.2, 0.25) is 0 Å². The highest BCUT2D eigenvalue weighted by Gasteiger charge is 2.21. The van der Waals surface area contributed by atoms with Crippen LogP contribution in [0.3, 0.4) is 0 Å². The Hall–Kier alpha value is -0.980. The summed E-state index contributed by atoms with van der Waals surface area (Å²) >= 11 is 0. The number of hydrogen-bond donors (Lipinski definition) is 1. The normalized spacial score (nSPS) is 12.0. The van der Waals surface area contributed by atoms with Crippen LogP contribution in [0.25, 0.3) is 0 Å². The Bertz CT molecular complexity index is 442. The number of nitrogens with zero attached hydrogens (tertiary/aromatic N) is 2. The average molecular weight is 257 g/mol. The highest BCUT2D eigenvalue weighted by Crippen LogP contribution is 2.12. The van der Waals surface area contributed by atoms with Crippen molar-refractivity contribution in [3.05, 3.63) is 23.9 Å². The molecule has 0 unspecified atom stereocenters. The summed E-state index contributed by atoms with van der Waals surface area (Å²) in [6.45, 7) is 2.90. The molecule has 0 aromatic carbocycles. The number of hydrogen-bond acceptors (Lipinski definition) is 4. The molecule has 0 saturated carbocycles. The minimum Gasteiger partial charge on any atom is -0.326 e. The second kappa shape index (κ2) is 6.09. The van der Waals surface area contributed by atoms with Gasteiger partial charge in [0.25, 0.3) is 10.0 Å². The van der Waals surface area contributed by atoms with Crippen LogP contribution in [-0.4, -0.2) is 31.3 Å². The van der Waals surface area contributed by atoms with Gasteiger partial charge in [-0.3, -0.25) is 0 Å². The lowest BCUT2D eigenvalue weighted by molar-refractivity contribution is 0.456. The molecule has 0 aliphatic carbocycles. The Morgan fingerprint density at radius 2 is 2.12 bits per heavy atom. The summed E-state index contributed by atoms with van der Waals surface area (Å²) in [5.41, 5.74) is 6.25. The van der Waals surface area contributed by atoms with Gasteiger partial charge < -0.3 is 5.73 Å². The molecule has 0 saturated heterocycles. The van der Waals surface area contributed by atoms with Gasteiger partial charge in [-0.05, 0) is 18.1 Å². The van der Waals surface area contributed by atoms with E-state index in [-0.39, 0.29) is 5.03 Å². The number of sulfonamides is 1. The van der Waals surface area contributed by atoms with Gasteiger partial charge in [-0.25, -0.2) is 13.4 Å². The quantitative estimate of drug-likeness (QED) is 0.823. The van der Waals surface area contributed by atoms with E-state index in [4.69, 9.17) is 5.73 Å².